The number of ether oxygens (including phenoxy) is 2. The molecule has 0 bridgehead atoms. The summed E-state index contributed by atoms with van der Waals surface area (Å²) < 4.78 is 46.7. The van der Waals surface area contributed by atoms with E-state index in [9.17, 15) is 13.2 Å². The molecule has 0 atom stereocenters. The SMILES string of the molecule is CN=C(NCc1ccc(OCC(F)(F)F)cc1)NCC(C)(C)N1CCOCC1.I. The van der Waals surface area contributed by atoms with Gasteiger partial charge in [-0.05, 0) is 31.5 Å². The summed E-state index contributed by atoms with van der Waals surface area (Å²) in [5, 5.41) is 6.54. The third kappa shape index (κ3) is 9.39. The van der Waals surface area contributed by atoms with Gasteiger partial charge in [-0.15, -0.1) is 24.0 Å². The Morgan fingerprint density at radius 2 is 1.76 bits per heavy atom. The van der Waals surface area contributed by atoms with Crippen LogP contribution in [0.2, 0.25) is 0 Å². The van der Waals surface area contributed by atoms with Crippen LogP contribution in [0.25, 0.3) is 0 Å². The molecule has 0 spiro atoms. The molecule has 0 unspecified atom stereocenters. The number of rotatable bonds is 7. The van der Waals surface area contributed by atoms with Crippen LogP contribution in [0.3, 0.4) is 0 Å². The molecular weight excluding hydrogens is 500 g/mol. The molecule has 1 aliphatic heterocycles. The van der Waals surface area contributed by atoms with Crippen LogP contribution in [0.4, 0.5) is 13.2 Å². The van der Waals surface area contributed by atoms with E-state index in [0.29, 0.717) is 12.5 Å². The molecule has 1 heterocycles. The van der Waals surface area contributed by atoms with Crippen molar-refractivity contribution in [3.8, 4) is 5.75 Å². The fraction of sp³-hybridized carbons (Fsp3) is 0.632. The maximum absolute atomic E-state index is 12.2. The summed E-state index contributed by atoms with van der Waals surface area (Å²) in [7, 11) is 1.70. The second-order valence-electron chi connectivity index (χ2n) is 7.24. The van der Waals surface area contributed by atoms with Crippen molar-refractivity contribution in [2.75, 3.05) is 46.5 Å². The summed E-state index contributed by atoms with van der Waals surface area (Å²) in [6.07, 6.45) is -4.34. The zero-order chi connectivity index (χ0) is 20.6. The van der Waals surface area contributed by atoms with E-state index in [4.69, 9.17) is 9.47 Å². The van der Waals surface area contributed by atoms with Gasteiger partial charge in [0, 0.05) is 38.8 Å². The van der Waals surface area contributed by atoms with Crippen LogP contribution in [-0.2, 0) is 11.3 Å². The van der Waals surface area contributed by atoms with Crippen LogP contribution >= 0.6 is 24.0 Å². The number of morpholine rings is 1. The molecule has 1 saturated heterocycles. The molecule has 1 aromatic carbocycles. The molecule has 0 radical (unpaired) electrons. The summed E-state index contributed by atoms with van der Waals surface area (Å²) in [5.74, 6) is 0.856. The van der Waals surface area contributed by atoms with Gasteiger partial charge in [0.25, 0.3) is 0 Å². The Morgan fingerprint density at radius 3 is 2.31 bits per heavy atom. The minimum Gasteiger partial charge on any atom is -0.484 e. The fourth-order valence-corrected chi connectivity index (χ4v) is 2.86. The van der Waals surface area contributed by atoms with Gasteiger partial charge in [0.15, 0.2) is 12.6 Å². The molecule has 1 aliphatic rings. The third-order valence-electron chi connectivity index (χ3n) is 4.57. The monoisotopic (exact) mass is 530 g/mol. The van der Waals surface area contributed by atoms with Crippen molar-refractivity contribution in [3.63, 3.8) is 0 Å². The van der Waals surface area contributed by atoms with Gasteiger partial charge in [-0.3, -0.25) is 9.89 Å². The topological polar surface area (TPSA) is 58.1 Å². The Morgan fingerprint density at radius 1 is 1.14 bits per heavy atom. The quantitative estimate of drug-likeness (QED) is 0.323. The smallest absolute Gasteiger partial charge is 0.422 e. The van der Waals surface area contributed by atoms with Crippen LogP contribution in [0.15, 0.2) is 29.3 Å². The largest absolute Gasteiger partial charge is 0.484 e. The molecule has 2 rings (SSSR count). The van der Waals surface area contributed by atoms with Gasteiger partial charge in [-0.25, -0.2) is 0 Å². The Kier molecular flexibility index (Phi) is 10.5. The van der Waals surface area contributed by atoms with Crippen molar-refractivity contribution in [1.82, 2.24) is 15.5 Å². The highest BCUT2D eigenvalue weighted by Crippen LogP contribution is 2.19. The predicted molar refractivity (Wildman–Crippen MR) is 118 cm³/mol. The van der Waals surface area contributed by atoms with Crippen molar-refractivity contribution in [2.45, 2.75) is 32.1 Å². The van der Waals surface area contributed by atoms with E-state index in [1.165, 1.54) is 12.1 Å². The van der Waals surface area contributed by atoms with Gasteiger partial charge in [-0.2, -0.15) is 13.2 Å². The minimum atomic E-state index is -4.34. The molecule has 166 valence electrons. The average Bonchev–Trinajstić information content (AvgIpc) is 2.67. The molecule has 0 aromatic heterocycles. The first kappa shape index (κ1) is 25.8. The van der Waals surface area contributed by atoms with E-state index in [-0.39, 0.29) is 35.3 Å². The zero-order valence-corrected chi connectivity index (χ0v) is 19.3. The van der Waals surface area contributed by atoms with Crippen molar-refractivity contribution in [1.29, 1.82) is 0 Å². The number of aliphatic imine (C=N–C) groups is 1. The Bertz CT molecular complexity index is 633. The summed E-state index contributed by atoms with van der Waals surface area (Å²) in [6, 6.07) is 6.51. The third-order valence-corrected chi connectivity index (χ3v) is 4.57. The Labute approximate surface area is 187 Å². The molecule has 0 saturated carbocycles. The molecule has 1 fully saturated rings. The number of nitrogens with one attached hydrogen (secondary N) is 2. The number of benzene rings is 1. The lowest BCUT2D eigenvalue weighted by atomic mass is 10.0. The summed E-state index contributed by atoms with van der Waals surface area (Å²) in [5.41, 5.74) is 0.869. The van der Waals surface area contributed by atoms with Crippen molar-refractivity contribution in [3.05, 3.63) is 29.8 Å². The lowest BCUT2D eigenvalue weighted by Gasteiger charge is -2.41. The number of nitrogens with zero attached hydrogens (tertiary/aromatic N) is 2. The van der Waals surface area contributed by atoms with Crippen LogP contribution in [0, 0.1) is 0 Å². The summed E-state index contributed by atoms with van der Waals surface area (Å²) in [6.45, 7) is 7.59. The van der Waals surface area contributed by atoms with Gasteiger partial charge in [0.05, 0.1) is 13.2 Å². The molecule has 2 N–H and O–H groups in total. The minimum absolute atomic E-state index is 0. The van der Waals surface area contributed by atoms with E-state index >= 15 is 0 Å². The molecule has 0 amide bonds. The maximum atomic E-state index is 12.2. The second-order valence-corrected chi connectivity index (χ2v) is 7.24. The second kappa shape index (κ2) is 11.8. The van der Waals surface area contributed by atoms with Crippen LogP contribution < -0.4 is 15.4 Å². The number of halogens is 4. The number of hydrogen-bond donors (Lipinski definition) is 2. The summed E-state index contributed by atoms with van der Waals surface area (Å²) >= 11 is 0. The molecular formula is C19H30F3IN4O2. The average molecular weight is 530 g/mol. The highest BCUT2D eigenvalue weighted by Gasteiger charge is 2.29. The first-order chi connectivity index (χ1) is 13.2. The van der Waals surface area contributed by atoms with Gasteiger partial charge >= 0.3 is 6.18 Å². The van der Waals surface area contributed by atoms with Crippen LogP contribution in [0.1, 0.15) is 19.4 Å². The van der Waals surface area contributed by atoms with E-state index in [2.05, 4.69) is 34.4 Å². The van der Waals surface area contributed by atoms with Crippen molar-refractivity contribution < 1.29 is 22.6 Å². The highest BCUT2D eigenvalue weighted by molar-refractivity contribution is 14.0. The first-order valence-corrected chi connectivity index (χ1v) is 9.25. The van der Waals surface area contributed by atoms with E-state index < -0.39 is 12.8 Å². The maximum Gasteiger partial charge on any atom is 0.422 e. The van der Waals surface area contributed by atoms with Gasteiger partial charge in [0.2, 0.25) is 0 Å². The lowest BCUT2D eigenvalue weighted by molar-refractivity contribution is -0.153. The Balaban J connectivity index is 0.00000420. The molecule has 1 aromatic rings. The highest BCUT2D eigenvalue weighted by atomic mass is 127. The van der Waals surface area contributed by atoms with E-state index in [0.717, 1.165) is 38.4 Å². The number of hydrogen-bond acceptors (Lipinski definition) is 4. The molecule has 10 heteroatoms. The van der Waals surface area contributed by atoms with Crippen LogP contribution in [-0.4, -0.2) is 69.1 Å². The standard InChI is InChI=1S/C19H29F3N4O2.HI/c1-18(2,26-8-10-27-11-9-26)13-25-17(23-3)24-12-15-4-6-16(7-5-15)28-14-19(20,21)22;/h4-7H,8-14H2,1-3H3,(H2,23,24,25);1H. The Hall–Kier alpha value is -1.27. The molecule has 29 heavy (non-hydrogen) atoms. The van der Waals surface area contributed by atoms with Gasteiger partial charge in [0.1, 0.15) is 5.75 Å². The van der Waals surface area contributed by atoms with E-state index in [1.807, 2.05) is 0 Å². The lowest BCUT2D eigenvalue weighted by Crippen LogP contribution is -2.56. The number of alkyl halides is 3. The van der Waals surface area contributed by atoms with Crippen molar-refractivity contribution >= 4 is 29.9 Å². The van der Waals surface area contributed by atoms with Gasteiger partial charge in [-0.1, -0.05) is 12.1 Å². The normalized spacial score (nSPS) is 16.1. The molecule has 6 nitrogen and oxygen atoms in total. The number of guanidine groups is 1. The fourth-order valence-electron chi connectivity index (χ4n) is 2.86. The summed E-state index contributed by atoms with van der Waals surface area (Å²) in [4.78, 5) is 6.61. The molecule has 0 aliphatic carbocycles. The van der Waals surface area contributed by atoms with Crippen LogP contribution in [0.5, 0.6) is 5.75 Å². The van der Waals surface area contributed by atoms with Gasteiger partial charge < -0.3 is 20.1 Å². The first-order valence-electron chi connectivity index (χ1n) is 9.25. The predicted octanol–water partition coefficient (Wildman–Crippen LogP) is 3.02. The van der Waals surface area contributed by atoms with Crippen molar-refractivity contribution in [2.24, 2.45) is 4.99 Å². The van der Waals surface area contributed by atoms with E-state index in [1.54, 1.807) is 19.2 Å². The zero-order valence-electron chi connectivity index (χ0n) is 17.0.